The molecule has 3 rings (SSSR count). The Kier molecular flexibility index (Phi) is 6.05. The smallest absolute Gasteiger partial charge is 0.293 e. The van der Waals surface area contributed by atoms with E-state index in [0.717, 1.165) is 16.7 Å². The second-order valence-corrected chi connectivity index (χ2v) is 6.86. The number of hydrogen-bond acceptors (Lipinski definition) is 5. The van der Waals surface area contributed by atoms with Crippen LogP contribution in [0.1, 0.15) is 5.56 Å². The molecule has 1 N–H and O–H groups in total. The molecule has 28 heavy (non-hydrogen) atoms. The first-order valence-corrected chi connectivity index (χ1v) is 9.19. The van der Waals surface area contributed by atoms with Crippen LogP contribution >= 0.6 is 11.8 Å². The number of thioether (sulfide) groups is 1. The minimum atomic E-state index is -0.535. The fourth-order valence-corrected chi connectivity index (χ4v) is 3.39. The zero-order valence-electron chi connectivity index (χ0n) is 14.6. The van der Waals surface area contributed by atoms with E-state index >= 15 is 0 Å². The number of pyridine rings is 1. The van der Waals surface area contributed by atoms with Gasteiger partial charge in [0, 0.05) is 30.9 Å². The zero-order chi connectivity index (χ0) is 20.1. The van der Waals surface area contributed by atoms with Crippen molar-refractivity contribution in [1.29, 1.82) is 0 Å². The average Bonchev–Trinajstić information content (AvgIpc) is 2.93. The maximum absolute atomic E-state index is 13.7. The maximum atomic E-state index is 13.7. The Hall–Kier alpha value is -3.20. The molecule has 0 radical (unpaired) electrons. The minimum Gasteiger partial charge on any atom is -0.353 e. The molecule has 144 valence electrons. The summed E-state index contributed by atoms with van der Waals surface area (Å²) < 4.78 is 15.0. The number of aromatic nitrogens is 1. The second kappa shape index (κ2) is 8.66. The van der Waals surface area contributed by atoms with Crippen molar-refractivity contribution in [2.75, 3.05) is 13.1 Å². The molecule has 0 saturated carbocycles. The molecule has 0 atom stereocenters. The van der Waals surface area contributed by atoms with Crippen LogP contribution in [0.15, 0.2) is 58.4 Å². The molecule has 0 aliphatic carbocycles. The van der Waals surface area contributed by atoms with Crippen LogP contribution in [0.5, 0.6) is 0 Å². The first kappa shape index (κ1) is 19.6. The molecule has 1 saturated heterocycles. The fourth-order valence-electron chi connectivity index (χ4n) is 2.54. The standard InChI is InChI=1S/C19H16FN3O4S/c20-14-6-2-1-5-13(14)11-15-18(26)23(19(27)28-15)10-8-21-16(24)12-22-9-4-3-7-17(22)25/h1-7,9,11H,8,10,12H2,(H,21,24)/b15-11-. The SMILES string of the molecule is O=C(Cn1ccccc1=O)NCCN1C(=O)S/C(=C\c2ccccc2F)C1=O. The zero-order valence-corrected chi connectivity index (χ0v) is 15.4. The van der Waals surface area contributed by atoms with Gasteiger partial charge >= 0.3 is 0 Å². The summed E-state index contributed by atoms with van der Waals surface area (Å²) in [6.45, 7) is -0.130. The molecule has 9 heteroatoms. The van der Waals surface area contributed by atoms with Gasteiger partial charge in [-0.25, -0.2) is 4.39 Å². The lowest BCUT2D eigenvalue weighted by molar-refractivity contribution is -0.124. The Bertz CT molecular complexity index is 1020. The largest absolute Gasteiger partial charge is 0.353 e. The van der Waals surface area contributed by atoms with Gasteiger partial charge in [-0.1, -0.05) is 24.3 Å². The van der Waals surface area contributed by atoms with Crippen LogP contribution in [0.3, 0.4) is 0 Å². The van der Waals surface area contributed by atoms with Crippen molar-refractivity contribution < 1.29 is 18.8 Å². The molecule has 1 aliphatic heterocycles. The van der Waals surface area contributed by atoms with Crippen LogP contribution in [-0.2, 0) is 16.1 Å². The highest BCUT2D eigenvalue weighted by Gasteiger charge is 2.34. The van der Waals surface area contributed by atoms with E-state index in [1.165, 1.54) is 41.1 Å². The minimum absolute atomic E-state index is 0.0191. The summed E-state index contributed by atoms with van der Waals surface area (Å²) >= 11 is 0.722. The molecule has 1 fully saturated rings. The van der Waals surface area contributed by atoms with Crippen molar-refractivity contribution in [3.63, 3.8) is 0 Å². The van der Waals surface area contributed by atoms with Gasteiger partial charge in [-0.2, -0.15) is 0 Å². The summed E-state index contributed by atoms with van der Waals surface area (Å²) in [6.07, 6.45) is 2.83. The number of nitrogens with one attached hydrogen (secondary N) is 1. The third-order valence-corrected chi connectivity index (χ3v) is 4.84. The number of amides is 3. The molecule has 3 amide bonds. The summed E-state index contributed by atoms with van der Waals surface area (Å²) in [5, 5.41) is 2.08. The molecule has 0 bridgehead atoms. The quantitative estimate of drug-likeness (QED) is 0.747. The van der Waals surface area contributed by atoms with Crippen molar-refractivity contribution >= 4 is 34.9 Å². The first-order valence-electron chi connectivity index (χ1n) is 8.38. The first-order chi connectivity index (χ1) is 13.5. The van der Waals surface area contributed by atoms with Crippen molar-refractivity contribution in [3.05, 3.63) is 75.3 Å². The maximum Gasteiger partial charge on any atom is 0.293 e. The van der Waals surface area contributed by atoms with E-state index in [9.17, 15) is 23.6 Å². The molecule has 1 aromatic carbocycles. The van der Waals surface area contributed by atoms with Crippen LogP contribution in [0.25, 0.3) is 6.08 Å². The van der Waals surface area contributed by atoms with Gasteiger partial charge in [0.2, 0.25) is 5.91 Å². The number of halogens is 1. The summed E-state index contributed by atoms with van der Waals surface area (Å²) in [4.78, 5) is 49.1. The predicted molar refractivity (Wildman–Crippen MR) is 103 cm³/mol. The van der Waals surface area contributed by atoms with Crippen LogP contribution in [0.4, 0.5) is 9.18 Å². The Morgan fingerprint density at radius 1 is 1.11 bits per heavy atom. The molecule has 1 aliphatic rings. The van der Waals surface area contributed by atoms with Crippen LogP contribution in [-0.4, -0.2) is 39.6 Å². The number of hydrogen-bond donors (Lipinski definition) is 1. The average molecular weight is 401 g/mol. The lowest BCUT2D eigenvalue weighted by Gasteiger charge is -2.13. The van der Waals surface area contributed by atoms with Crippen LogP contribution < -0.4 is 10.9 Å². The molecule has 0 unspecified atom stereocenters. The normalized spacial score (nSPS) is 15.3. The van der Waals surface area contributed by atoms with E-state index in [-0.39, 0.29) is 35.7 Å². The van der Waals surface area contributed by atoms with Crippen LogP contribution in [0, 0.1) is 5.82 Å². The molecule has 2 heterocycles. The second-order valence-electron chi connectivity index (χ2n) is 5.87. The van der Waals surface area contributed by atoms with Crippen LogP contribution in [0.2, 0.25) is 0 Å². The third kappa shape index (κ3) is 4.55. The van der Waals surface area contributed by atoms with E-state index in [2.05, 4.69) is 5.32 Å². The molecule has 1 aromatic heterocycles. The fraction of sp³-hybridized carbons (Fsp3) is 0.158. The van der Waals surface area contributed by atoms with Crippen molar-refractivity contribution in [3.8, 4) is 0 Å². The highest BCUT2D eigenvalue weighted by atomic mass is 32.2. The lowest BCUT2D eigenvalue weighted by atomic mass is 10.2. The summed E-state index contributed by atoms with van der Waals surface area (Å²) in [5.41, 5.74) is -0.0866. The monoisotopic (exact) mass is 401 g/mol. The number of imide groups is 1. The van der Waals surface area contributed by atoms with Gasteiger partial charge in [0.15, 0.2) is 0 Å². The van der Waals surface area contributed by atoms with Gasteiger partial charge in [-0.15, -0.1) is 0 Å². The number of rotatable bonds is 6. The highest BCUT2D eigenvalue weighted by molar-refractivity contribution is 8.18. The van der Waals surface area contributed by atoms with Gasteiger partial charge in [0.1, 0.15) is 12.4 Å². The van der Waals surface area contributed by atoms with E-state index < -0.39 is 22.9 Å². The Morgan fingerprint density at radius 2 is 1.86 bits per heavy atom. The third-order valence-electron chi connectivity index (χ3n) is 3.94. The molecule has 7 nitrogen and oxygen atoms in total. The highest BCUT2D eigenvalue weighted by Crippen LogP contribution is 2.32. The topological polar surface area (TPSA) is 88.5 Å². The molecule has 0 spiro atoms. The Labute approximate surface area is 163 Å². The summed E-state index contributed by atoms with van der Waals surface area (Å²) in [5.74, 6) is -1.44. The van der Waals surface area contributed by atoms with Gasteiger partial charge in [0.25, 0.3) is 16.7 Å². The number of nitrogens with zero attached hydrogens (tertiary/aromatic N) is 2. The van der Waals surface area contributed by atoms with E-state index in [1.54, 1.807) is 18.2 Å². The lowest BCUT2D eigenvalue weighted by Crippen LogP contribution is -2.39. The summed E-state index contributed by atoms with van der Waals surface area (Å²) in [7, 11) is 0. The van der Waals surface area contributed by atoms with Crippen molar-refractivity contribution in [1.82, 2.24) is 14.8 Å². The molecular formula is C19H16FN3O4S. The number of benzene rings is 1. The summed E-state index contributed by atoms with van der Waals surface area (Å²) in [6, 6.07) is 10.5. The number of carbonyl (C=O) groups is 3. The number of carbonyl (C=O) groups excluding carboxylic acids is 3. The molecular weight excluding hydrogens is 385 g/mol. The molecule has 2 aromatic rings. The van der Waals surface area contributed by atoms with Crippen molar-refractivity contribution in [2.45, 2.75) is 6.54 Å². The van der Waals surface area contributed by atoms with Gasteiger partial charge in [-0.3, -0.25) is 24.1 Å². The van der Waals surface area contributed by atoms with E-state index in [4.69, 9.17) is 0 Å². The van der Waals surface area contributed by atoms with Gasteiger partial charge in [-0.05, 0) is 30.0 Å². The van der Waals surface area contributed by atoms with Crippen molar-refractivity contribution in [2.24, 2.45) is 0 Å². The Balaban J connectivity index is 1.56. The van der Waals surface area contributed by atoms with E-state index in [0.29, 0.717) is 0 Å². The van der Waals surface area contributed by atoms with Gasteiger partial charge < -0.3 is 9.88 Å². The predicted octanol–water partition coefficient (Wildman–Crippen LogP) is 1.84. The van der Waals surface area contributed by atoms with E-state index in [1.807, 2.05) is 0 Å². The van der Waals surface area contributed by atoms with Gasteiger partial charge in [0.05, 0.1) is 4.91 Å². The Morgan fingerprint density at radius 3 is 2.61 bits per heavy atom.